The SMILES string of the molecule is COc1ccc(-c2nnc(SCC(=O)NC(=O)N[C@@H]3CCCC[C@@H]3C)n2C)cc1. The number of amides is 3. The summed E-state index contributed by atoms with van der Waals surface area (Å²) in [4.78, 5) is 24.2. The number of nitrogens with one attached hydrogen (secondary N) is 2. The van der Waals surface area contributed by atoms with Crippen molar-refractivity contribution in [1.82, 2.24) is 25.4 Å². The zero-order valence-electron chi connectivity index (χ0n) is 17.0. The van der Waals surface area contributed by atoms with Crippen molar-refractivity contribution < 1.29 is 14.3 Å². The molecule has 0 bridgehead atoms. The average molecular weight is 418 g/mol. The van der Waals surface area contributed by atoms with Gasteiger partial charge in [-0.25, -0.2) is 4.79 Å². The number of rotatable bonds is 6. The summed E-state index contributed by atoms with van der Waals surface area (Å²) in [6.45, 7) is 2.14. The van der Waals surface area contributed by atoms with Crippen LogP contribution in [0, 0.1) is 5.92 Å². The van der Waals surface area contributed by atoms with Gasteiger partial charge in [-0.1, -0.05) is 31.5 Å². The number of hydrogen-bond donors (Lipinski definition) is 2. The average Bonchev–Trinajstić information content (AvgIpc) is 3.08. The van der Waals surface area contributed by atoms with E-state index in [4.69, 9.17) is 4.74 Å². The van der Waals surface area contributed by atoms with Gasteiger partial charge in [-0.05, 0) is 43.0 Å². The molecule has 2 N–H and O–H groups in total. The van der Waals surface area contributed by atoms with Gasteiger partial charge in [-0.15, -0.1) is 10.2 Å². The van der Waals surface area contributed by atoms with Crippen LogP contribution in [0.3, 0.4) is 0 Å². The molecule has 3 amide bonds. The standard InChI is InChI=1S/C20H27N5O3S/c1-13-6-4-5-7-16(13)21-19(27)22-17(26)12-29-20-24-23-18(25(20)2)14-8-10-15(28-3)11-9-14/h8-11,13,16H,4-7,12H2,1-3H3,(H2,21,22,26,27)/t13-,16+/m0/s1. The van der Waals surface area contributed by atoms with Gasteiger partial charge in [0.25, 0.3) is 0 Å². The molecule has 8 nitrogen and oxygen atoms in total. The van der Waals surface area contributed by atoms with Crippen molar-refractivity contribution in [2.75, 3.05) is 12.9 Å². The van der Waals surface area contributed by atoms with E-state index in [1.54, 1.807) is 7.11 Å². The smallest absolute Gasteiger partial charge is 0.321 e. The summed E-state index contributed by atoms with van der Waals surface area (Å²) in [5.74, 6) is 1.63. The third-order valence-electron chi connectivity index (χ3n) is 5.20. The number of methoxy groups -OCH3 is 1. The highest BCUT2D eigenvalue weighted by Gasteiger charge is 2.23. The molecule has 1 aromatic heterocycles. The van der Waals surface area contributed by atoms with Gasteiger partial charge in [-0.2, -0.15) is 0 Å². The van der Waals surface area contributed by atoms with Crippen molar-refractivity contribution >= 4 is 23.7 Å². The Bertz CT molecular complexity index is 852. The number of benzene rings is 1. The lowest BCUT2D eigenvalue weighted by atomic mass is 9.86. The number of urea groups is 1. The maximum absolute atomic E-state index is 12.1. The molecule has 0 unspecified atom stereocenters. The summed E-state index contributed by atoms with van der Waals surface area (Å²) in [7, 11) is 3.46. The second kappa shape index (κ2) is 9.78. The first-order valence-corrected chi connectivity index (χ1v) is 10.7. The summed E-state index contributed by atoms with van der Waals surface area (Å²) in [5.41, 5.74) is 0.901. The molecule has 29 heavy (non-hydrogen) atoms. The van der Waals surface area contributed by atoms with Crippen molar-refractivity contribution in [3.8, 4) is 17.1 Å². The van der Waals surface area contributed by atoms with Gasteiger partial charge in [0.2, 0.25) is 5.91 Å². The van der Waals surface area contributed by atoms with Crippen LogP contribution in [0.2, 0.25) is 0 Å². The van der Waals surface area contributed by atoms with Gasteiger partial charge in [0.05, 0.1) is 12.9 Å². The first-order chi connectivity index (χ1) is 14.0. The van der Waals surface area contributed by atoms with Crippen LogP contribution in [-0.2, 0) is 11.8 Å². The number of ether oxygens (including phenoxy) is 1. The van der Waals surface area contributed by atoms with Gasteiger partial charge >= 0.3 is 6.03 Å². The van der Waals surface area contributed by atoms with E-state index >= 15 is 0 Å². The molecule has 2 atom stereocenters. The lowest BCUT2D eigenvalue weighted by Crippen LogP contribution is -2.48. The van der Waals surface area contributed by atoms with Crippen LogP contribution < -0.4 is 15.4 Å². The van der Waals surface area contributed by atoms with E-state index < -0.39 is 6.03 Å². The number of carbonyl (C=O) groups excluding carboxylic acids is 2. The van der Waals surface area contributed by atoms with E-state index in [9.17, 15) is 9.59 Å². The first-order valence-electron chi connectivity index (χ1n) is 9.75. The molecule has 1 aromatic carbocycles. The third-order valence-corrected chi connectivity index (χ3v) is 6.22. The second-order valence-electron chi connectivity index (χ2n) is 7.27. The molecule has 2 aromatic rings. The molecule has 0 radical (unpaired) electrons. The highest BCUT2D eigenvalue weighted by molar-refractivity contribution is 7.99. The lowest BCUT2D eigenvalue weighted by Gasteiger charge is -2.29. The molecule has 3 rings (SSSR count). The molecule has 1 heterocycles. The van der Waals surface area contributed by atoms with Crippen LogP contribution >= 0.6 is 11.8 Å². The highest BCUT2D eigenvalue weighted by atomic mass is 32.2. The Hall–Kier alpha value is -2.55. The Morgan fingerprint density at radius 2 is 1.93 bits per heavy atom. The molecule has 0 spiro atoms. The van der Waals surface area contributed by atoms with E-state index in [1.165, 1.54) is 18.2 Å². The molecule has 156 valence electrons. The van der Waals surface area contributed by atoms with E-state index in [-0.39, 0.29) is 17.7 Å². The fourth-order valence-electron chi connectivity index (χ4n) is 3.46. The zero-order chi connectivity index (χ0) is 20.8. The predicted molar refractivity (Wildman–Crippen MR) is 112 cm³/mol. The van der Waals surface area contributed by atoms with E-state index in [0.717, 1.165) is 30.6 Å². The van der Waals surface area contributed by atoms with Gasteiger partial charge in [0.15, 0.2) is 11.0 Å². The van der Waals surface area contributed by atoms with Gasteiger partial charge < -0.3 is 14.6 Å². The Labute approximate surface area is 174 Å². The molecule has 0 saturated heterocycles. The van der Waals surface area contributed by atoms with Crippen molar-refractivity contribution in [2.24, 2.45) is 13.0 Å². The van der Waals surface area contributed by atoms with E-state index in [0.29, 0.717) is 16.9 Å². The number of hydrogen-bond acceptors (Lipinski definition) is 6. The van der Waals surface area contributed by atoms with E-state index in [2.05, 4.69) is 27.8 Å². The summed E-state index contributed by atoms with van der Waals surface area (Å²) < 4.78 is 6.99. The van der Waals surface area contributed by atoms with Crippen LogP contribution in [0.15, 0.2) is 29.4 Å². The Morgan fingerprint density at radius 1 is 1.21 bits per heavy atom. The van der Waals surface area contributed by atoms with Gasteiger partial charge in [-0.3, -0.25) is 10.1 Å². The highest BCUT2D eigenvalue weighted by Crippen LogP contribution is 2.25. The van der Waals surface area contributed by atoms with Gasteiger partial charge in [0, 0.05) is 18.7 Å². The molecule has 1 aliphatic rings. The maximum atomic E-state index is 12.1. The van der Waals surface area contributed by atoms with Gasteiger partial charge in [0.1, 0.15) is 5.75 Å². The predicted octanol–water partition coefficient (Wildman–Crippen LogP) is 2.99. The monoisotopic (exact) mass is 417 g/mol. The lowest BCUT2D eigenvalue weighted by molar-refractivity contribution is -0.117. The van der Waals surface area contributed by atoms with Crippen LogP contribution in [0.1, 0.15) is 32.6 Å². The molecular formula is C20H27N5O3S. The number of imide groups is 1. The largest absolute Gasteiger partial charge is 0.497 e. The normalized spacial score (nSPS) is 18.9. The minimum atomic E-state index is -0.425. The molecule has 1 saturated carbocycles. The Balaban J connectivity index is 1.51. The van der Waals surface area contributed by atoms with Crippen LogP contribution in [0.5, 0.6) is 5.75 Å². The molecule has 9 heteroatoms. The van der Waals surface area contributed by atoms with Crippen LogP contribution in [0.4, 0.5) is 4.79 Å². The van der Waals surface area contributed by atoms with Crippen molar-refractivity contribution in [2.45, 2.75) is 43.8 Å². The second-order valence-corrected chi connectivity index (χ2v) is 8.21. The number of nitrogens with zero attached hydrogens (tertiary/aromatic N) is 3. The number of aromatic nitrogens is 3. The maximum Gasteiger partial charge on any atom is 0.321 e. The summed E-state index contributed by atoms with van der Waals surface area (Å²) in [6, 6.07) is 7.23. The van der Waals surface area contributed by atoms with Crippen LogP contribution in [-0.4, -0.2) is 45.6 Å². The van der Waals surface area contributed by atoms with Crippen molar-refractivity contribution in [3.63, 3.8) is 0 Å². The quantitative estimate of drug-likeness (QED) is 0.701. The summed E-state index contributed by atoms with van der Waals surface area (Å²) >= 11 is 1.24. The third kappa shape index (κ3) is 5.50. The molecule has 1 aliphatic carbocycles. The summed E-state index contributed by atoms with van der Waals surface area (Å²) in [5, 5.41) is 14.3. The number of carbonyl (C=O) groups is 2. The molecule has 0 aliphatic heterocycles. The van der Waals surface area contributed by atoms with E-state index in [1.807, 2.05) is 35.9 Å². The fraction of sp³-hybridized carbons (Fsp3) is 0.500. The number of thioether (sulfide) groups is 1. The Kier molecular flexibility index (Phi) is 7.13. The summed E-state index contributed by atoms with van der Waals surface area (Å²) in [6.07, 6.45) is 4.39. The fourth-order valence-corrected chi connectivity index (χ4v) is 4.17. The van der Waals surface area contributed by atoms with Crippen LogP contribution in [0.25, 0.3) is 11.4 Å². The molecular weight excluding hydrogens is 390 g/mol. The van der Waals surface area contributed by atoms with Crippen molar-refractivity contribution in [3.05, 3.63) is 24.3 Å². The minimum absolute atomic E-state index is 0.0855. The topological polar surface area (TPSA) is 98.1 Å². The first kappa shape index (κ1) is 21.2. The van der Waals surface area contributed by atoms with Crippen molar-refractivity contribution in [1.29, 1.82) is 0 Å². The zero-order valence-corrected chi connectivity index (χ0v) is 17.8. The molecule has 1 fully saturated rings. The Morgan fingerprint density at radius 3 is 2.62 bits per heavy atom. The minimum Gasteiger partial charge on any atom is -0.497 e.